The van der Waals surface area contributed by atoms with Crippen LogP contribution in [0.4, 0.5) is 28.0 Å². The fraction of sp³-hybridized carbons (Fsp3) is 0.263. The van der Waals surface area contributed by atoms with Gasteiger partial charge in [-0.3, -0.25) is 4.79 Å². The van der Waals surface area contributed by atoms with E-state index in [-0.39, 0.29) is 13.2 Å². The second-order valence-electron chi connectivity index (χ2n) is 5.74. The molecule has 150 valence electrons. The molecule has 2 rings (SSSR count). The van der Waals surface area contributed by atoms with E-state index >= 15 is 0 Å². The van der Waals surface area contributed by atoms with E-state index in [0.717, 1.165) is 17.0 Å². The number of para-hydroxylation sites is 1. The molecule has 0 aliphatic carbocycles. The Labute approximate surface area is 158 Å². The van der Waals surface area contributed by atoms with Gasteiger partial charge in [-0.2, -0.15) is 13.2 Å². The number of alkyl halides is 3. The van der Waals surface area contributed by atoms with E-state index in [1.807, 2.05) is 5.32 Å². The molecule has 2 aromatic rings. The minimum Gasteiger partial charge on any atom is -0.465 e. The maximum atomic E-state index is 14.0. The summed E-state index contributed by atoms with van der Waals surface area (Å²) in [5.74, 6) is -1.97. The SMILES string of the molecule is CCOC(=O)CN(Cc1ccccc1)C(=O)Nc1c(F)cccc1C(F)(F)F. The third kappa shape index (κ3) is 5.70. The van der Waals surface area contributed by atoms with Gasteiger partial charge in [0.15, 0.2) is 0 Å². The topological polar surface area (TPSA) is 58.6 Å². The number of hydrogen-bond acceptors (Lipinski definition) is 3. The van der Waals surface area contributed by atoms with Crippen LogP contribution in [-0.2, 0) is 22.3 Å². The lowest BCUT2D eigenvalue weighted by Crippen LogP contribution is -2.39. The number of urea groups is 1. The molecule has 0 saturated carbocycles. The smallest absolute Gasteiger partial charge is 0.418 e. The quantitative estimate of drug-likeness (QED) is 0.578. The lowest BCUT2D eigenvalue weighted by atomic mass is 10.1. The van der Waals surface area contributed by atoms with Crippen LogP contribution in [0.2, 0.25) is 0 Å². The average Bonchev–Trinajstić information content (AvgIpc) is 2.63. The number of esters is 1. The zero-order valence-electron chi connectivity index (χ0n) is 14.9. The Balaban J connectivity index is 2.28. The van der Waals surface area contributed by atoms with Crippen molar-refractivity contribution < 1.29 is 31.9 Å². The molecule has 1 N–H and O–H groups in total. The first-order chi connectivity index (χ1) is 13.2. The lowest BCUT2D eigenvalue weighted by molar-refractivity contribution is -0.143. The number of halogens is 4. The van der Waals surface area contributed by atoms with E-state index in [0.29, 0.717) is 11.6 Å². The molecule has 0 unspecified atom stereocenters. The number of ether oxygens (including phenoxy) is 1. The van der Waals surface area contributed by atoms with E-state index in [4.69, 9.17) is 4.74 Å². The second kappa shape index (κ2) is 9.20. The number of nitrogens with zero attached hydrogens (tertiary/aromatic N) is 1. The molecule has 0 aliphatic heterocycles. The predicted molar refractivity (Wildman–Crippen MR) is 93.9 cm³/mol. The van der Waals surface area contributed by atoms with Gasteiger partial charge in [-0.1, -0.05) is 36.4 Å². The van der Waals surface area contributed by atoms with Crippen LogP contribution >= 0.6 is 0 Å². The van der Waals surface area contributed by atoms with Gasteiger partial charge in [0, 0.05) is 6.54 Å². The number of hydrogen-bond donors (Lipinski definition) is 1. The molecular weight excluding hydrogens is 380 g/mol. The van der Waals surface area contributed by atoms with Crippen molar-refractivity contribution in [2.75, 3.05) is 18.5 Å². The van der Waals surface area contributed by atoms with Crippen LogP contribution in [0, 0.1) is 5.82 Å². The summed E-state index contributed by atoms with van der Waals surface area (Å²) in [6.45, 7) is 1.06. The van der Waals surface area contributed by atoms with Crippen molar-refractivity contribution in [3.63, 3.8) is 0 Å². The first kappa shape index (κ1) is 21.2. The number of nitrogens with one attached hydrogen (secondary N) is 1. The van der Waals surface area contributed by atoms with Crippen molar-refractivity contribution in [2.45, 2.75) is 19.6 Å². The summed E-state index contributed by atoms with van der Waals surface area (Å²) in [5, 5.41) is 1.94. The standard InChI is InChI=1S/C19H18F4N2O3/c1-2-28-16(26)12-25(11-13-7-4-3-5-8-13)18(27)24-17-14(19(21,22)23)9-6-10-15(17)20/h3-10H,2,11-12H2,1H3,(H,24,27). The largest absolute Gasteiger partial charge is 0.465 e. The summed E-state index contributed by atoms with van der Waals surface area (Å²) >= 11 is 0. The zero-order valence-corrected chi connectivity index (χ0v) is 14.9. The Morgan fingerprint density at radius 1 is 1.07 bits per heavy atom. The van der Waals surface area contributed by atoms with Crippen LogP contribution < -0.4 is 5.32 Å². The molecule has 28 heavy (non-hydrogen) atoms. The molecule has 2 aromatic carbocycles. The molecule has 2 amide bonds. The number of carbonyl (C=O) groups is 2. The number of rotatable bonds is 6. The summed E-state index contributed by atoms with van der Waals surface area (Å²) < 4.78 is 58.2. The first-order valence-electron chi connectivity index (χ1n) is 8.33. The number of anilines is 1. The lowest BCUT2D eigenvalue weighted by Gasteiger charge is -2.23. The van der Waals surface area contributed by atoms with Gasteiger partial charge in [0.2, 0.25) is 0 Å². The highest BCUT2D eigenvalue weighted by Crippen LogP contribution is 2.36. The van der Waals surface area contributed by atoms with Crippen molar-refractivity contribution in [2.24, 2.45) is 0 Å². The fourth-order valence-electron chi connectivity index (χ4n) is 2.44. The van der Waals surface area contributed by atoms with Crippen molar-refractivity contribution in [3.05, 3.63) is 65.5 Å². The maximum absolute atomic E-state index is 14.0. The molecule has 0 aliphatic rings. The third-order valence-corrected chi connectivity index (χ3v) is 3.68. The summed E-state index contributed by atoms with van der Waals surface area (Å²) in [6.07, 6.45) is -4.86. The van der Waals surface area contributed by atoms with Crippen molar-refractivity contribution in [1.82, 2.24) is 4.90 Å². The monoisotopic (exact) mass is 398 g/mol. The highest BCUT2D eigenvalue weighted by molar-refractivity contribution is 5.92. The van der Waals surface area contributed by atoms with Gasteiger partial charge in [-0.25, -0.2) is 9.18 Å². The van der Waals surface area contributed by atoms with Crippen LogP contribution in [0.5, 0.6) is 0 Å². The average molecular weight is 398 g/mol. The number of amides is 2. The Kier molecular flexibility index (Phi) is 6.97. The van der Waals surface area contributed by atoms with Gasteiger partial charge in [0.1, 0.15) is 12.4 Å². The van der Waals surface area contributed by atoms with E-state index in [1.165, 1.54) is 0 Å². The molecule has 0 radical (unpaired) electrons. The van der Waals surface area contributed by atoms with E-state index in [9.17, 15) is 27.2 Å². The van der Waals surface area contributed by atoms with Gasteiger partial charge >= 0.3 is 18.2 Å². The van der Waals surface area contributed by atoms with Crippen LogP contribution in [0.1, 0.15) is 18.1 Å². The van der Waals surface area contributed by atoms with Crippen molar-refractivity contribution in [3.8, 4) is 0 Å². The minimum absolute atomic E-state index is 0.0746. The van der Waals surface area contributed by atoms with Crippen molar-refractivity contribution >= 4 is 17.7 Å². The Morgan fingerprint density at radius 2 is 1.75 bits per heavy atom. The normalized spacial score (nSPS) is 11.0. The van der Waals surface area contributed by atoms with Gasteiger partial charge in [-0.05, 0) is 24.6 Å². The molecular formula is C19H18F4N2O3. The van der Waals surface area contributed by atoms with Crippen LogP contribution in [0.3, 0.4) is 0 Å². The summed E-state index contributed by atoms with van der Waals surface area (Å²) in [6, 6.07) is 9.80. The van der Waals surface area contributed by atoms with Crippen LogP contribution in [0.15, 0.2) is 48.5 Å². The first-order valence-corrected chi connectivity index (χ1v) is 8.33. The van der Waals surface area contributed by atoms with Gasteiger partial charge in [0.25, 0.3) is 0 Å². The molecule has 0 spiro atoms. The fourth-order valence-corrected chi connectivity index (χ4v) is 2.44. The minimum atomic E-state index is -4.86. The number of benzene rings is 2. The van der Waals surface area contributed by atoms with Crippen molar-refractivity contribution in [1.29, 1.82) is 0 Å². The molecule has 9 heteroatoms. The van der Waals surface area contributed by atoms with Gasteiger partial charge in [0.05, 0.1) is 17.9 Å². The molecule has 0 heterocycles. The molecule has 0 aromatic heterocycles. The van der Waals surface area contributed by atoms with E-state index in [2.05, 4.69) is 0 Å². The predicted octanol–water partition coefficient (Wildman–Crippen LogP) is 4.44. The van der Waals surface area contributed by atoms with Gasteiger partial charge < -0.3 is 15.0 Å². The second-order valence-corrected chi connectivity index (χ2v) is 5.74. The summed E-state index contributed by atoms with van der Waals surface area (Å²) in [4.78, 5) is 25.3. The molecule has 0 bridgehead atoms. The van der Waals surface area contributed by atoms with Crippen LogP contribution in [-0.4, -0.2) is 30.1 Å². The molecule has 0 atom stereocenters. The number of carbonyl (C=O) groups excluding carboxylic acids is 2. The molecule has 5 nitrogen and oxygen atoms in total. The Morgan fingerprint density at radius 3 is 2.36 bits per heavy atom. The van der Waals surface area contributed by atoms with Crippen LogP contribution in [0.25, 0.3) is 0 Å². The summed E-state index contributed by atoms with van der Waals surface area (Å²) in [7, 11) is 0. The van der Waals surface area contributed by atoms with Gasteiger partial charge in [-0.15, -0.1) is 0 Å². The molecule has 0 fully saturated rings. The van der Waals surface area contributed by atoms with E-state index < -0.39 is 41.8 Å². The Hall–Kier alpha value is -3.10. The Bertz CT molecular complexity index is 826. The maximum Gasteiger partial charge on any atom is 0.418 e. The summed E-state index contributed by atoms with van der Waals surface area (Å²) in [5.41, 5.74) is -1.69. The molecule has 0 saturated heterocycles. The highest BCUT2D eigenvalue weighted by Gasteiger charge is 2.35. The third-order valence-electron chi connectivity index (χ3n) is 3.68. The highest BCUT2D eigenvalue weighted by atomic mass is 19.4. The zero-order chi connectivity index (χ0) is 20.7. The van der Waals surface area contributed by atoms with E-state index in [1.54, 1.807) is 37.3 Å².